The Bertz CT molecular complexity index is 1580. The molecule has 0 spiro atoms. The van der Waals surface area contributed by atoms with Crippen LogP contribution in [0.5, 0.6) is 0 Å². The summed E-state index contributed by atoms with van der Waals surface area (Å²) in [7, 11) is -10.1. The van der Waals surface area contributed by atoms with E-state index >= 15 is 0 Å². The van der Waals surface area contributed by atoms with Crippen LogP contribution in [0.25, 0.3) is 11.1 Å². The molecule has 0 saturated heterocycles. The summed E-state index contributed by atoms with van der Waals surface area (Å²) in [5, 5.41) is -4.34. The van der Waals surface area contributed by atoms with Crippen LogP contribution in [-0.2, 0) is 0 Å². The number of hydrogen-bond acceptors (Lipinski definition) is 6. The molecular formula is C44H60O6P2. The maximum Gasteiger partial charge on any atom is -0.0184 e. The van der Waals surface area contributed by atoms with E-state index in [1.165, 1.54) is 11.1 Å². The van der Waals surface area contributed by atoms with Crippen molar-refractivity contribution in [1.82, 2.24) is 0 Å². The molecule has 6 N–H and O–H groups in total. The summed E-state index contributed by atoms with van der Waals surface area (Å²) in [6, 6.07) is 20.8. The first-order valence-corrected chi connectivity index (χ1v) is 22.3. The predicted octanol–water partition coefficient (Wildman–Crippen LogP) is 9.96. The normalized spacial score (nSPS) is 34.9. The van der Waals surface area contributed by atoms with Gasteiger partial charge in [-0.3, -0.25) is 0 Å². The quantitative estimate of drug-likeness (QED) is 0.170. The predicted molar refractivity (Wildman–Crippen MR) is 222 cm³/mol. The molecule has 0 bridgehead atoms. The van der Waals surface area contributed by atoms with E-state index in [0.29, 0.717) is 0 Å². The molecule has 2 aromatic carbocycles. The Morgan fingerprint density at radius 2 is 0.577 bits per heavy atom. The standard InChI is InChI=1S/2C16H25O3P.C12H10/c2*1-13-9-5-7-11-15(13,3)20(17,18,19)16(4)12-8-6-10-14(16)2;1-3-7-11(8-4-1)12-9-5-2-6-10-12/h2*5-14,17-19H,1-4H3;1-10H. The molecule has 8 heteroatoms. The number of rotatable bonds is 5. The molecule has 52 heavy (non-hydrogen) atoms. The fraction of sp³-hybridized carbons (Fsp3) is 0.364. The monoisotopic (exact) mass is 746 g/mol. The zero-order valence-electron chi connectivity index (χ0n) is 31.9. The molecule has 0 aliphatic heterocycles. The molecule has 282 valence electrons. The zero-order chi connectivity index (χ0) is 38.7. The summed E-state index contributed by atoms with van der Waals surface area (Å²) in [4.78, 5) is 67.0. The van der Waals surface area contributed by atoms with Gasteiger partial charge in [-0.2, -0.15) is 0 Å². The minimum Gasteiger partial charge on any atom is -0.0622 e. The van der Waals surface area contributed by atoms with Crippen molar-refractivity contribution in [3.8, 4) is 11.1 Å². The summed E-state index contributed by atoms with van der Waals surface area (Å²) in [6.45, 7) is 14.6. The van der Waals surface area contributed by atoms with Crippen LogP contribution in [0.2, 0.25) is 0 Å². The maximum atomic E-state index is 11.2. The van der Waals surface area contributed by atoms with Crippen LogP contribution >= 0.6 is 14.6 Å². The van der Waals surface area contributed by atoms with Crippen molar-refractivity contribution in [1.29, 1.82) is 0 Å². The van der Waals surface area contributed by atoms with Crippen molar-refractivity contribution in [2.75, 3.05) is 0 Å². The van der Waals surface area contributed by atoms with Gasteiger partial charge in [0.2, 0.25) is 0 Å². The van der Waals surface area contributed by atoms with Crippen LogP contribution in [0.15, 0.2) is 158 Å². The Hall–Kier alpha value is -3.02. The summed E-state index contributed by atoms with van der Waals surface area (Å²) < 4.78 is 0. The topological polar surface area (TPSA) is 121 Å². The number of benzene rings is 2. The van der Waals surface area contributed by atoms with E-state index in [4.69, 9.17) is 0 Å². The summed E-state index contributed by atoms with van der Waals surface area (Å²) in [6.07, 6.45) is 29.2. The fourth-order valence-electron chi connectivity index (χ4n) is 7.66. The largest absolute Gasteiger partial charge is 0.0622 e. The Morgan fingerprint density at radius 3 is 0.769 bits per heavy atom. The second-order valence-electron chi connectivity index (χ2n) is 15.7. The van der Waals surface area contributed by atoms with E-state index in [2.05, 4.69) is 48.5 Å². The van der Waals surface area contributed by atoms with Gasteiger partial charge in [0, 0.05) is 0 Å². The average molecular weight is 747 g/mol. The average Bonchev–Trinajstić information content (AvgIpc) is 3.11. The number of allylic oxidation sites excluding steroid dienone is 16. The van der Waals surface area contributed by atoms with Crippen molar-refractivity contribution in [3.05, 3.63) is 158 Å². The number of hydrogen-bond donors (Lipinski definition) is 6. The van der Waals surface area contributed by atoms with Gasteiger partial charge in [0.25, 0.3) is 0 Å². The summed E-state index contributed by atoms with van der Waals surface area (Å²) in [5.74, 6) is -0.635. The molecule has 4 aliphatic rings. The van der Waals surface area contributed by atoms with Gasteiger partial charge in [0.15, 0.2) is 0 Å². The summed E-state index contributed by atoms with van der Waals surface area (Å²) >= 11 is 0. The first kappa shape index (κ1) is 41.7. The molecule has 6 rings (SSSR count). The molecule has 2 aromatic rings. The van der Waals surface area contributed by atoms with Crippen molar-refractivity contribution in [2.45, 2.75) is 76.0 Å². The first-order chi connectivity index (χ1) is 24.1. The van der Waals surface area contributed by atoms with Crippen LogP contribution in [0.1, 0.15) is 55.4 Å². The molecule has 0 heterocycles. The van der Waals surface area contributed by atoms with E-state index in [9.17, 15) is 29.4 Å². The SMILES string of the molecule is CC1C=CC=CC1(C)P(O)(O)(O)C1(C)C=CC=CC1C.CC1C=CC=CC1(C)P(O)(O)(O)C1(C)C=CC=CC1C.c1ccc(-c2ccccc2)cc1. The van der Waals surface area contributed by atoms with E-state index in [-0.39, 0.29) is 23.7 Å². The Kier molecular flexibility index (Phi) is 11.8. The molecule has 0 amide bonds. The molecule has 0 fully saturated rings. The third kappa shape index (κ3) is 6.79. The van der Waals surface area contributed by atoms with E-state index in [1.807, 2.05) is 88.4 Å². The molecule has 6 nitrogen and oxygen atoms in total. The molecule has 8 unspecified atom stereocenters. The minimum atomic E-state index is -5.05. The van der Waals surface area contributed by atoms with Crippen molar-refractivity contribution >= 4 is 14.6 Å². The Balaban J connectivity index is 0.000000180. The van der Waals surface area contributed by atoms with Crippen molar-refractivity contribution in [2.24, 2.45) is 23.7 Å². The summed E-state index contributed by atoms with van der Waals surface area (Å²) in [5.41, 5.74) is 2.55. The van der Waals surface area contributed by atoms with Crippen LogP contribution in [0, 0.1) is 23.7 Å². The molecular weight excluding hydrogens is 686 g/mol. The van der Waals surface area contributed by atoms with Gasteiger partial charge in [-0.05, 0) is 11.1 Å². The smallest absolute Gasteiger partial charge is 0.0184 e. The second-order valence-corrected chi connectivity index (χ2v) is 23.5. The molecule has 0 radical (unpaired) electrons. The van der Waals surface area contributed by atoms with Gasteiger partial charge in [-0.25, -0.2) is 0 Å². The third-order valence-corrected chi connectivity index (χ3v) is 22.2. The van der Waals surface area contributed by atoms with Crippen molar-refractivity contribution < 1.29 is 29.4 Å². The van der Waals surface area contributed by atoms with E-state index in [1.54, 1.807) is 76.3 Å². The first-order valence-electron chi connectivity index (χ1n) is 18.1. The van der Waals surface area contributed by atoms with Gasteiger partial charge in [0.05, 0.1) is 0 Å². The van der Waals surface area contributed by atoms with Gasteiger partial charge < -0.3 is 0 Å². The fourth-order valence-corrected chi connectivity index (χ4v) is 14.5. The Morgan fingerprint density at radius 1 is 0.365 bits per heavy atom. The molecule has 8 atom stereocenters. The maximum absolute atomic E-state index is 11.2. The van der Waals surface area contributed by atoms with Gasteiger partial charge in [-0.15, -0.1) is 0 Å². The third-order valence-electron chi connectivity index (χ3n) is 12.9. The van der Waals surface area contributed by atoms with E-state index in [0.717, 1.165) is 0 Å². The minimum absolute atomic E-state index is 0.159. The van der Waals surface area contributed by atoms with Gasteiger partial charge in [0.1, 0.15) is 0 Å². The van der Waals surface area contributed by atoms with Crippen LogP contribution < -0.4 is 0 Å². The Labute approximate surface area is 311 Å². The molecule has 0 aromatic heterocycles. The van der Waals surface area contributed by atoms with E-state index < -0.39 is 35.2 Å². The molecule has 0 saturated carbocycles. The van der Waals surface area contributed by atoms with Crippen LogP contribution in [0.4, 0.5) is 0 Å². The second kappa shape index (κ2) is 14.7. The zero-order valence-corrected chi connectivity index (χ0v) is 33.7. The molecule has 4 aliphatic carbocycles. The van der Waals surface area contributed by atoms with Crippen molar-refractivity contribution in [3.63, 3.8) is 0 Å². The van der Waals surface area contributed by atoms with Crippen LogP contribution in [0.3, 0.4) is 0 Å². The van der Waals surface area contributed by atoms with Gasteiger partial charge >= 0.3 is 241 Å². The van der Waals surface area contributed by atoms with Crippen LogP contribution in [-0.4, -0.2) is 50.0 Å². The van der Waals surface area contributed by atoms with Gasteiger partial charge in [-0.1, -0.05) is 60.7 Å².